The van der Waals surface area contributed by atoms with Gasteiger partial charge in [-0.15, -0.1) is 0 Å². The molecule has 0 aromatic heterocycles. The van der Waals surface area contributed by atoms with Gasteiger partial charge >= 0.3 is 34.5 Å². The number of halogens is 2. The van der Waals surface area contributed by atoms with Crippen molar-refractivity contribution < 1.29 is 15.1 Å². The fourth-order valence-corrected chi connectivity index (χ4v) is 10.6. The van der Waals surface area contributed by atoms with Gasteiger partial charge in [0.15, 0.2) is 0 Å². The van der Waals surface area contributed by atoms with Gasteiger partial charge in [0.25, 0.3) is 0 Å². The zero-order chi connectivity index (χ0) is 33.4. The van der Waals surface area contributed by atoms with E-state index in [1.807, 2.05) is 0 Å². The van der Waals surface area contributed by atoms with Crippen molar-refractivity contribution in [3.05, 3.63) is 181 Å². The first-order valence-corrected chi connectivity index (χ1v) is 23.1. The van der Waals surface area contributed by atoms with Crippen LogP contribution in [0.5, 0.6) is 0 Å². The van der Waals surface area contributed by atoms with Gasteiger partial charge in [0.05, 0.1) is 0 Å². The second-order valence-corrected chi connectivity index (χ2v) is 18.2. The Kier molecular flexibility index (Phi) is 15.3. The Labute approximate surface area is 304 Å². The standard InChI is InChI=1S/C41H40N2P2.2ClH.Ru/c1-33(43-32-35-19-15-17-29-41(35)45(38-24-10-4-11-25-38)39-26-12-5-13-27-39)30-42-31-34-18-14-16-28-40(34)44(36-20-6-2-7-21-36)37-22-8-3-9-23-37;;;/h2-29,33,42-43H,30-32H2,1H3;2*1H;/q;;;+2/p-2/t33-;;;/m0.../s1. The molecule has 0 aliphatic rings. The molecule has 2 N–H and O–H groups in total. The molecule has 0 aliphatic carbocycles. The Morgan fingerprint density at radius 1 is 0.479 bits per heavy atom. The molecule has 246 valence electrons. The Morgan fingerprint density at radius 2 is 0.792 bits per heavy atom. The number of rotatable bonds is 13. The van der Waals surface area contributed by atoms with Crippen LogP contribution >= 0.6 is 35.2 Å². The van der Waals surface area contributed by atoms with Crippen LogP contribution in [0.3, 0.4) is 0 Å². The Hall–Kier alpha value is -2.70. The molecule has 0 amide bonds. The van der Waals surface area contributed by atoms with Crippen LogP contribution in [0.1, 0.15) is 18.1 Å². The molecule has 0 fully saturated rings. The second kappa shape index (κ2) is 20.1. The normalized spacial score (nSPS) is 11.7. The molecule has 6 aromatic carbocycles. The van der Waals surface area contributed by atoms with Crippen LogP contribution in [0.2, 0.25) is 0 Å². The summed E-state index contributed by atoms with van der Waals surface area (Å²) in [5, 5.41) is 16.0. The Balaban J connectivity index is 0.00000145. The maximum absolute atomic E-state index is 4.85. The van der Waals surface area contributed by atoms with Crippen LogP contribution in [0, 0.1) is 0 Å². The maximum atomic E-state index is 4.85. The number of benzene rings is 6. The van der Waals surface area contributed by atoms with Crippen molar-refractivity contribution in [2.24, 2.45) is 0 Å². The molecule has 0 unspecified atom stereocenters. The molecule has 2 nitrogen and oxygen atoms in total. The van der Waals surface area contributed by atoms with E-state index in [4.69, 9.17) is 19.4 Å². The van der Waals surface area contributed by atoms with E-state index in [1.165, 1.54) is 43.0 Å². The summed E-state index contributed by atoms with van der Waals surface area (Å²) in [5.41, 5.74) is 2.73. The van der Waals surface area contributed by atoms with E-state index < -0.39 is 15.8 Å². The molecule has 6 rings (SSSR count). The minimum atomic E-state index is -0.641. The molecule has 1 atom stereocenters. The van der Waals surface area contributed by atoms with Gasteiger partial charge in [0, 0.05) is 25.7 Å². The third kappa shape index (κ3) is 10.4. The first-order valence-electron chi connectivity index (χ1n) is 15.9. The average Bonchev–Trinajstić information content (AvgIpc) is 3.14. The molecule has 0 aliphatic heterocycles. The van der Waals surface area contributed by atoms with E-state index in [9.17, 15) is 0 Å². The quantitative estimate of drug-likeness (QED) is 0.0921. The van der Waals surface area contributed by atoms with Crippen LogP contribution in [-0.2, 0) is 28.2 Å². The van der Waals surface area contributed by atoms with Gasteiger partial charge in [-0.05, 0) is 65.7 Å². The van der Waals surface area contributed by atoms with Crippen molar-refractivity contribution >= 4 is 67.1 Å². The van der Waals surface area contributed by atoms with Crippen LogP contribution in [0.25, 0.3) is 0 Å². The predicted molar refractivity (Wildman–Crippen MR) is 210 cm³/mol. The number of hydrogen-bond acceptors (Lipinski definition) is 2. The van der Waals surface area contributed by atoms with E-state index in [2.05, 4.69) is 187 Å². The molecule has 0 saturated heterocycles. The van der Waals surface area contributed by atoms with E-state index in [-0.39, 0.29) is 15.1 Å². The number of nitrogens with one attached hydrogen (secondary N) is 2. The van der Waals surface area contributed by atoms with Crippen molar-refractivity contribution in [1.29, 1.82) is 0 Å². The summed E-state index contributed by atoms with van der Waals surface area (Å²) in [6, 6.07) is 62.1. The van der Waals surface area contributed by atoms with Gasteiger partial charge in [-0.25, -0.2) is 0 Å². The molecule has 0 radical (unpaired) electrons. The minimum absolute atomic E-state index is 0.314. The Morgan fingerprint density at radius 3 is 1.17 bits per heavy atom. The molecule has 0 heterocycles. The van der Waals surface area contributed by atoms with Gasteiger partial charge in [-0.1, -0.05) is 170 Å². The first-order chi connectivity index (χ1) is 23.7. The third-order valence-corrected chi connectivity index (χ3v) is 13.0. The molecule has 48 heavy (non-hydrogen) atoms. The SMILES string of the molecule is C[C@@H](CNCc1ccccc1P(c1ccccc1)c1ccccc1)NCc1ccccc1P(c1ccccc1)c1ccccc1.[Cl][Ru][Cl]. The van der Waals surface area contributed by atoms with Crippen molar-refractivity contribution in [2.45, 2.75) is 26.1 Å². The van der Waals surface area contributed by atoms with E-state index in [1.54, 1.807) is 0 Å². The van der Waals surface area contributed by atoms with Crippen molar-refractivity contribution in [3.8, 4) is 0 Å². The molecular weight excluding hydrogens is 754 g/mol. The fourth-order valence-electron chi connectivity index (χ4n) is 5.70. The van der Waals surface area contributed by atoms with E-state index >= 15 is 0 Å². The van der Waals surface area contributed by atoms with Crippen molar-refractivity contribution in [3.63, 3.8) is 0 Å². The first kappa shape index (κ1) is 36.6. The summed E-state index contributed by atoms with van der Waals surface area (Å²) in [4.78, 5) is 0. The van der Waals surface area contributed by atoms with Crippen LogP contribution in [0.4, 0.5) is 0 Å². The topological polar surface area (TPSA) is 24.1 Å². The van der Waals surface area contributed by atoms with E-state index in [0.29, 0.717) is 6.04 Å². The monoisotopic (exact) mass is 794 g/mol. The number of hydrogen-bond donors (Lipinski definition) is 2. The predicted octanol–water partition coefficient (Wildman–Crippen LogP) is 7.85. The second-order valence-electron chi connectivity index (χ2n) is 11.2. The molecule has 0 bridgehead atoms. The summed E-state index contributed by atoms with van der Waals surface area (Å²) in [6.07, 6.45) is 0. The average molecular weight is 795 g/mol. The molecule has 0 saturated carbocycles. The van der Waals surface area contributed by atoms with Crippen LogP contribution in [0.15, 0.2) is 170 Å². The van der Waals surface area contributed by atoms with Crippen molar-refractivity contribution in [1.82, 2.24) is 10.6 Å². The summed E-state index contributed by atoms with van der Waals surface area (Å²) in [6.45, 7) is 4.84. The zero-order valence-corrected chi connectivity index (χ0v) is 31.9. The summed E-state index contributed by atoms with van der Waals surface area (Å²) in [7, 11) is 8.43. The Bertz CT molecular complexity index is 1700. The summed E-state index contributed by atoms with van der Waals surface area (Å²) >= 11 is -0.346. The van der Waals surface area contributed by atoms with Gasteiger partial charge in [0.1, 0.15) is 0 Å². The molecule has 0 spiro atoms. The molecular formula is C41H40Cl2N2P2Ru. The van der Waals surface area contributed by atoms with E-state index in [0.717, 1.165) is 19.6 Å². The van der Waals surface area contributed by atoms with Crippen LogP contribution in [-0.4, -0.2) is 12.6 Å². The molecule has 7 heteroatoms. The van der Waals surface area contributed by atoms with Gasteiger partial charge in [0.2, 0.25) is 0 Å². The van der Waals surface area contributed by atoms with Gasteiger partial charge in [-0.3, -0.25) is 0 Å². The van der Waals surface area contributed by atoms with Crippen molar-refractivity contribution in [2.75, 3.05) is 6.54 Å². The third-order valence-electron chi connectivity index (χ3n) is 7.93. The van der Waals surface area contributed by atoms with Crippen LogP contribution < -0.4 is 42.5 Å². The fraction of sp³-hybridized carbons (Fsp3) is 0.122. The summed E-state index contributed by atoms with van der Waals surface area (Å²) < 4.78 is 0. The van der Waals surface area contributed by atoms with Gasteiger partial charge < -0.3 is 10.6 Å². The summed E-state index contributed by atoms with van der Waals surface area (Å²) in [5.74, 6) is 0. The zero-order valence-electron chi connectivity index (χ0n) is 26.9. The molecule has 6 aromatic rings. The van der Waals surface area contributed by atoms with Gasteiger partial charge in [-0.2, -0.15) is 0 Å².